The maximum Gasteiger partial charge on any atom is 0.326 e. The molecule has 1 aromatic heterocycles. The minimum absolute atomic E-state index is 0.0785. The average molecular weight is 431 g/mol. The number of halogens is 2. The fourth-order valence-corrected chi connectivity index (χ4v) is 5.60. The maximum absolute atomic E-state index is 15.3. The Morgan fingerprint density at radius 2 is 1.97 bits per heavy atom. The molecule has 3 aliphatic rings. The summed E-state index contributed by atoms with van der Waals surface area (Å²) in [4.78, 5) is 38.0. The molecule has 3 heterocycles. The van der Waals surface area contributed by atoms with Gasteiger partial charge >= 0.3 is 5.97 Å². The first kappa shape index (κ1) is 19.3. The molecule has 0 radical (unpaired) electrons. The average Bonchev–Trinajstić information content (AvgIpc) is 3.32. The summed E-state index contributed by atoms with van der Waals surface area (Å²) < 4.78 is 16.5. The third-order valence-corrected chi connectivity index (χ3v) is 7.04. The van der Waals surface area contributed by atoms with Gasteiger partial charge in [0.25, 0.3) is 11.5 Å². The Labute approximate surface area is 176 Å². The van der Waals surface area contributed by atoms with Crippen LogP contribution in [0.4, 0.5) is 4.39 Å². The summed E-state index contributed by atoms with van der Waals surface area (Å²) in [5, 5.41) is 12.6. The number of carbonyl (C=O) groups is 2. The summed E-state index contributed by atoms with van der Waals surface area (Å²) in [6.45, 7) is 0. The van der Waals surface area contributed by atoms with Crippen LogP contribution in [-0.4, -0.2) is 27.1 Å². The molecule has 0 bridgehead atoms. The van der Waals surface area contributed by atoms with Gasteiger partial charge < -0.3 is 10.4 Å². The van der Waals surface area contributed by atoms with Gasteiger partial charge in [-0.15, -0.1) is 0 Å². The Morgan fingerprint density at radius 1 is 1.23 bits per heavy atom. The Bertz CT molecular complexity index is 1170. The number of carboxylic acids is 1. The molecule has 2 N–H and O–H groups in total. The number of nitrogens with one attached hydrogen (secondary N) is 1. The normalized spacial score (nSPS) is 21.4. The second kappa shape index (κ2) is 6.67. The highest BCUT2D eigenvalue weighted by atomic mass is 35.5. The summed E-state index contributed by atoms with van der Waals surface area (Å²) in [6, 6.07) is 3.42. The lowest BCUT2D eigenvalue weighted by atomic mass is 9.82. The zero-order valence-corrected chi connectivity index (χ0v) is 16.9. The van der Waals surface area contributed by atoms with Crippen molar-refractivity contribution in [3.8, 4) is 11.1 Å². The number of carbonyl (C=O) groups excluding carboxylic acids is 1. The lowest BCUT2D eigenvalue weighted by Crippen LogP contribution is -2.49. The van der Waals surface area contributed by atoms with Gasteiger partial charge in [-0.1, -0.05) is 30.5 Å². The molecule has 1 atom stereocenters. The van der Waals surface area contributed by atoms with Crippen LogP contribution in [0.25, 0.3) is 11.1 Å². The second-order valence-electron chi connectivity index (χ2n) is 8.49. The van der Waals surface area contributed by atoms with E-state index in [1.165, 1.54) is 16.7 Å². The minimum Gasteiger partial charge on any atom is -0.480 e. The number of nitrogens with zero attached hydrogens (tertiary/aromatic N) is 1. The van der Waals surface area contributed by atoms with Crippen molar-refractivity contribution in [1.82, 2.24) is 9.88 Å². The first-order valence-corrected chi connectivity index (χ1v) is 10.5. The van der Waals surface area contributed by atoms with Crippen LogP contribution < -0.4 is 10.9 Å². The molecule has 1 aromatic carbocycles. The monoisotopic (exact) mass is 430 g/mol. The number of amides is 1. The fourth-order valence-electron chi connectivity index (χ4n) is 5.44. The molecule has 1 unspecified atom stereocenters. The standard InChI is InChI=1S/C22H20ClFN2O4/c23-13-4-3-11-10-22(7-1-2-8-22)25-20(28)18-12(17(11)19(13)24)9-16(27)26-14(18)5-6-15(26)21(29)30/h3-4,9,15H,1-2,5-8,10H2,(H,25,28)(H,29,30). The van der Waals surface area contributed by atoms with E-state index < -0.39 is 28.9 Å². The van der Waals surface area contributed by atoms with Gasteiger partial charge in [0.1, 0.15) is 11.9 Å². The minimum atomic E-state index is -1.12. The highest BCUT2D eigenvalue weighted by molar-refractivity contribution is 6.31. The summed E-state index contributed by atoms with van der Waals surface area (Å²) >= 11 is 6.08. The van der Waals surface area contributed by atoms with Crippen molar-refractivity contribution >= 4 is 23.5 Å². The topological polar surface area (TPSA) is 88.4 Å². The van der Waals surface area contributed by atoms with E-state index >= 15 is 4.39 Å². The van der Waals surface area contributed by atoms with Gasteiger partial charge in [-0.25, -0.2) is 9.18 Å². The first-order valence-electron chi connectivity index (χ1n) is 10.1. The highest BCUT2D eigenvalue weighted by Crippen LogP contribution is 2.42. The molecule has 5 rings (SSSR count). The van der Waals surface area contributed by atoms with Gasteiger partial charge in [0.05, 0.1) is 10.6 Å². The number of pyridine rings is 1. The van der Waals surface area contributed by atoms with Crippen molar-refractivity contribution in [2.24, 2.45) is 0 Å². The molecule has 156 valence electrons. The predicted molar refractivity (Wildman–Crippen MR) is 108 cm³/mol. The summed E-state index contributed by atoms with van der Waals surface area (Å²) in [5.74, 6) is -2.16. The molecular formula is C22H20ClFN2O4. The molecule has 1 saturated carbocycles. The lowest BCUT2D eigenvalue weighted by molar-refractivity contribution is -0.140. The smallest absolute Gasteiger partial charge is 0.326 e. The van der Waals surface area contributed by atoms with E-state index in [1.54, 1.807) is 6.07 Å². The van der Waals surface area contributed by atoms with Gasteiger partial charge in [0.15, 0.2) is 0 Å². The van der Waals surface area contributed by atoms with Crippen molar-refractivity contribution in [1.29, 1.82) is 0 Å². The van der Waals surface area contributed by atoms with Gasteiger partial charge in [0, 0.05) is 28.4 Å². The van der Waals surface area contributed by atoms with E-state index in [0.717, 1.165) is 25.7 Å². The number of aliphatic carboxylic acids is 1. The second-order valence-corrected chi connectivity index (χ2v) is 8.90. The van der Waals surface area contributed by atoms with Crippen molar-refractivity contribution in [3.63, 3.8) is 0 Å². The van der Waals surface area contributed by atoms with Crippen LogP contribution in [0.5, 0.6) is 0 Å². The van der Waals surface area contributed by atoms with Crippen LogP contribution in [0, 0.1) is 5.82 Å². The molecule has 2 aromatic rings. The lowest BCUT2D eigenvalue weighted by Gasteiger charge is -2.34. The molecule has 0 saturated heterocycles. The van der Waals surface area contributed by atoms with Crippen molar-refractivity contribution in [2.75, 3.05) is 0 Å². The van der Waals surface area contributed by atoms with Crippen LogP contribution in [0.3, 0.4) is 0 Å². The van der Waals surface area contributed by atoms with Gasteiger partial charge in [0.2, 0.25) is 0 Å². The zero-order chi connectivity index (χ0) is 21.2. The van der Waals surface area contributed by atoms with Gasteiger partial charge in [-0.3, -0.25) is 14.2 Å². The third-order valence-electron chi connectivity index (χ3n) is 6.75. The number of hydrogen-bond donors (Lipinski definition) is 2. The summed E-state index contributed by atoms with van der Waals surface area (Å²) in [5.41, 5.74) is 0.563. The van der Waals surface area contributed by atoms with Crippen molar-refractivity contribution in [2.45, 2.75) is 56.5 Å². The van der Waals surface area contributed by atoms with E-state index in [1.807, 2.05) is 0 Å². The number of carboxylic acid groups (broad SMARTS) is 1. The molecule has 8 heteroatoms. The molecule has 6 nitrogen and oxygen atoms in total. The highest BCUT2D eigenvalue weighted by Gasteiger charge is 2.42. The van der Waals surface area contributed by atoms with Crippen LogP contribution in [0.2, 0.25) is 5.02 Å². The predicted octanol–water partition coefficient (Wildman–Crippen LogP) is 3.48. The molecule has 1 fully saturated rings. The van der Waals surface area contributed by atoms with Crippen molar-refractivity contribution < 1.29 is 19.1 Å². The number of benzene rings is 1. The summed E-state index contributed by atoms with van der Waals surface area (Å²) in [6.07, 6.45) is 4.42. The first-order chi connectivity index (χ1) is 14.3. The zero-order valence-electron chi connectivity index (χ0n) is 16.1. The van der Waals surface area contributed by atoms with Crippen LogP contribution >= 0.6 is 11.6 Å². The molecule has 2 aliphatic heterocycles. The maximum atomic E-state index is 15.3. The van der Waals surface area contributed by atoms with E-state index in [2.05, 4.69) is 5.32 Å². The SMILES string of the molecule is O=C1NC2(CCCC2)Cc2ccc(Cl)c(F)c2-c2cc(=O)n3c(c21)CCC3C(=O)O. The van der Waals surface area contributed by atoms with Crippen LogP contribution in [0.15, 0.2) is 23.0 Å². The number of aromatic nitrogens is 1. The Hall–Kier alpha value is -2.67. The fraction of sp³-hybridized carbons (Fsp3) is 0.409. The van der Waals surface area contributed by atoms with E-state index in [0.29, 0.717) is 17.7 Å². The van der Waals surface area contributed by atoms with E-state index in [9.17, 15) is 19.5 Å². The third kappa shape index (κ3) is 2.71. The van der Waals surface area contributed by atoms with E-state index in [-0.39, 0.29) is 40.5 Å². The van der Waals surface area contributed by atoms with Gasteiger partial charge in [-0.05, 0) is 43.7 Å². The Morgan fingerprint density at radius 3 is 2.67 bits per heavy atom. The number of rotatable bonds is 1. The molecular weight excluding hydrogens is 411 g/mol. The Kier molecular flexibility index (Phi) is 4.29. The largest absolute Gasteiger partial charge is 0.480 e. The molecule has 1 aliphatic carbocycles. The summed E-state index contributed by atoms with van der Waals surface area (Å²) in [7, 11) is 0. The Balaban J connectivity index is 1.84. The number of hydrogen-bond acceptors (Lipinski definition) is 3. The van der Waals surface area contributed by atoms with E-state index in [4.69, 9.17) is 11.6 Å². The molecule has 30 heavy (non-hydrogen) atoms. The molecule has 1 spiro atoms. The van der Waals surface area contributed by atoms with Crippen LogP contribution in [-0.2, 0) is 17.6 Å². The van der Waals surface area contributed by atoms with Gasteiger partial charge in [-0.2, -0.15) is 0 Å². The van der Waals surface area contributed by atoms with Crippen LogP contribution in [0.1, 0.15) is 59.8 Å². The number of fused-ring (bicyclic) bond motifs is 5. The molecule has 1 amide bonds. The van der Waals surface area contributed by atoms with Crippen molar-refractivity contribution in [3.05, 3.63) is 56.2 Å². The quantitative estimate of drug-likeness (QED) is 0.725.